The summed E-state index contributed by atoms with van der Waals surface area (Å²) >= 11 is 3.51. The summed E-state index contributed by atoms with van der Waals surface area (Å²) in [6, 6.07) is 9.10. The number of benzene rings is 1. The third kappa shape index (κ3) is 2.34. The van der Waals surface area contributed by atoms with Gasteiger partial charge in [0.25, 0.3) is 0 Å². The molecule has 0 spiro atoms. The fourth-order valence-electron chi connectivity index (χ4n) is 3.32. The van der Waals surface area contributed by atoms with Gasteiger partial charge in [-0.15, -0.1) is 0 Å². The molecule has 1 aliphatic rings. The highest BCUT2D eigenvalue weighted by atomic mass is 79.9. The van der Waals surface area contributed by atoms with Gasteiger partial charge in [-0.05, 0) is 43.1 Å². The third-order valence-electron chi connectivity index (χ3n) is 4.34. The fraction of sp³-hybridized carbons (Fsp3) is 0.500. The molecule has 3 heteroatoms. The molecule has 0 amide bonds. The average Bonchev–Trinajstić information content (AvgIpc) is 2.76. The van der Waals surface area contributed by atoms with Crippen LogP contribution in [-0.4, -0.2) is 12.6 Å². The van der Waals surface area contributed by atoms with Crippen LogP contribution < -0.4 is 5.32 Å². The Kier molecular flexibility index (Phi) is 3.68. The number of hydrogen-bond acceptors (Lipinski definition) is 2. The van der Waals surface area contributed by atoms with Gasteiger partial charge in [0.15, 0.2) is 0 Å². The van der Waals surface area contributed by atoms with Crippen molar-refractivity contribution in [3.05, 3.63) is 34.5 Å². The molecule has 2 nitrogen and oxygen atoms in total. The summed E-state index contributed by atoms with van der Waals surface area (Å²) in [5, 5.41) is 4.78. The molecular weight excluding hydrogens is 302 g/mol. The maximum absolute atomic E-state index is 6.04. The summed E-state index contributed by atoms with van der Waals surface area (Å²) in [6.07, 6.45) is 2.41. The van der Waals surface area contributed by atoms with Crippen molar-refractivity contribution in [2.24, 2.45) is 5.92 Å². The minimum atomic E-state index is 0.584. The lowest BCUT2D eigenvalue weighted by atomic mass is 9.66. The summed E-state index contributed by atoms with van der Waals surface area (Å²) in [5.74, 6) is 2.46. The summed E-state index contributed by atoms with van der Waals surface area (Å²) in [5.41, 5.74) is 1.000. The van der Waals surface area contributed by atoms with Crippen LogP contribution in [0.25, 0.3) is 11.0 Å². The number of furan rings is 1. The van der Waals surface area contributed by atoms with Crippen LogP contribution in [0.4, 0.5) is 0 Å². The lowest BCUT2D eigenvalue weighted by Gasteiger charge is -2.44. The molecule has 102 valence electrons. The SMILES string of the molecule is CCNC1CC(c2cc3cc(Br)ccc3o2)C1CC. The van der Waals surface area contributed by atoms with E-state index in [1.807, 2.05) is 12.1 Å². The first-order chi connectivity index (χ1) is 9.22. The predicted molar refractivity (Wildman–Crippen MR) is 82.5 cm³/mol. The second-order valence-corrected chi connectivity index (χ2v) is 6.33. The highest BCUT2D eigenvalue weighted by molar-refractivity contribution is 9.10. The van der Waals surface area contributed by atoms with Crippen molar-refractivity contribution in [2.75, 3.05) is 6.54 Å². The zero-order valence-corrected chi connectivity index (χ0v) is 13.0. The van der Waals surface area contributed by atoms with Crippen LogP contribution in [0.3, 0.4) is 0 Å². The molecule has 3 rings (SSSR count). The number of halogens is 1. The van der Waals surface area contributed by atoms with Crippen LogP contribution in [0.15, 0.2) is 33.2 Å². The van der Waals surface area contributed by atoms with E-state index in [1.54, 1.807) is 0 Å². The number of nitrogens with one attached hydrogen (secondary N) is 1. The third-order valence-corrected chi connectivity index (χ3v) is 4.84. The highest BCUT2D eigenvalue weighted by Gasteiger charge is 2.41. The van der Waals surface area contributed by atoms with Gasteiger partial charge in [0, 0.05) is 21.8 Å². The van der Waals surface area contributed by atoms with Crippen molar-refractivity contribution in [1.82, 2.24) is 5.32 Å². The first kappa shape index (κ1) is 13.2. The summed E-state index contributed by atoms with van der Waals surface area (Å²) < 4.78 is 7.15. The van der Waals surface area contributed by atoms with E-state index in [-0.39, 0.29) is 0 Å². The molecule has 1 heterocycles. The Hall–Kier alpha value is -0.800. The smallest absolute Gasteiger partial charge is 0.134 e. The molecule has 0 bridgehead atoms. The van der Waals surface area contributed by atoms with Crippen molar-refractivity contribution in [1.29, 1.82) is 0 Å². The standard InChI is InChI=1S/C16H20BrNO/c1-3-12-13(9-14(12)18-4-2)16-8-10-7-11(17)5-6-15(10)19-16/h5-8,12-14,18H,3-4,9H2,1-2H3. The van der Waals surface area contributed by atoms with Crippen molar-refractivity contribution in [2.45, 2.75) is 38.6 Å². The van der Waals surface area contributed by atoms with E-state index >= 15 is 0 Å². The molecular formula is C16H20BrNO. The van der Waals surface area contributed by atoms with Crippen LogP contribution in [-0.2, 0) is 0 Å². The van der Waals surface area contributed by atoms with Gasteiger partial charge in [0.1, 0.15) is 11.3 Å². The Morgan fingerprint density at radius 3 is 2.89 bits per heavy atom. The molecule has 3 unspecified atom stereocenters. The van der Waals surface area contributed by atoms with Gasteiger partial charge in [0.2, 0.25) is 0 Å². The first-order valence-electron chi connectivity index (χ1n) is 7.15. The van der Waals surface area contributed by atoms with Crippen LogP contribution in [0, 0.1) is 5.92 Å². The molecule has 3 atom stereocenters. The van der Waals surface area contributed by atoms with E-state index < -0.39 is 0 Å². The largest absolute Gasteiger partial charge is 0.461 e. The predicted octanol–water partition coefficient (Wildman–Crippen LogP) is 4.69. The highest BCUT2D eigenvalue weighted by Crippen LogP contribution is 2.46. The number of hydrogen-bond donors (Lipinski definition) is 1. The van der Waals surface area contributed by atoms with Crippen molar-refractivity contribution in [3.8, 4) is 0 Å². The summed E-state index contributed by atoms with van der Waals surface area (Å²) in [4.78, 5) is 0. The molecule has 1 saturated carbocycles. The van der Waals surface area contributed by atoms with Crippen molar-refractivity contribution < 1.29 is 4.42 Å². The molecule has 1 fully saturated rings. The van der Waals surface area contributed by atoms with E-state index in [9.17, 15) is 0 Å². The lowest BCUT2D eigenvalue weighted by molar-refractivity contribution is 0.145. The van der Waals surface area contributed by atoms with E-state index in [0.717, 1.165) is 22.4 Å². The number of fused-ring (bicyclic) bond motifs is 1. The molecule has 19 heavy (non-hydrogen) atoms. The summed E-state index contributed by atoms with van der Waals surface area (Å²) in [7, 11) is 0. The maximum Gasteiger partial charge on any atom is 0.134 e. The Morgan fingerprint density at radius 1 is 1.32 bits per heavy atom. The lowest BCUT2D eigenvalue weighted by Crippen LogP contribution is -2.48. The van der Waals surface area contributed by atoms with E-state index in [0.29, 0.717) is 17.9 Å². The van der Waals surface area contributed by atoms with Gasteiger partial charge in [-0.25, -0.2) is 0 Å². The number of rotatable bonds is 4. The first-order valence-corrected chi connectivity index (χ1v) is 7.94. The van der Waals surface area contributed by atoms with Gasteiger partial charge in [-0.3, -0.25) is 0 Å². The topological polar surface area (TPSA) is 25.2 Å². The maximum atomic E-state index is 6.04. The second-order valence-electron chi connectivity index (χ2n) is 5.41. The van der Waals surface area contributed by atoms with Gasteiger partial charge >= 0.3 is 0 Å². The molecule has 1 N–H and O–H groups in total. The monoisotopic (exact) mass is 321 g/mol. The van der Waals surface area contributed by atoms with Crippen LogP contribution in [0.2, 0.25) is 0 Å². The van der Waals surface area contributed by atoms with Crippen molar-refractivity contribution >= 4 is 26.9 Å². The fourth-order valence-corrected chi connectivity index (χ4v) is 3.70. The van der Waals surface area contributed by atoms with Crippen molar-refractivity contribution in [3.63, 3.8) is 0 Å². The second kappa shape index (κ2) is 5.29. The quantitative estimate of drug-likeness (QED) is 0.883. The summed E-state index contributed by atoms with van der Waals surface area (Å²) in [6.45, 7) is 5.51. The zero-order chi connectivity index (χ0) is 13.4. The van der Waals surface area contributed by atoms with E-state index in [1.165, 1.54) is 18.2 Å². The Labute approximate surface area is 122 Å². The normalized spacial score (nSPS) is 26.6. The minimum absolute atomic E-state index is 0.584. The van der Waals surface area contributed by atoms with Gasteiger partial charge in [0.05, 0.1) is 0 Å². The van der Waals surface area contributed by atoms with Crippen LogP contribution in [0.5, 0.6) is 0 Å². The average molecular weight is 322 g/mol. The minimum Gasteiger partial charge on any atom is -0.461 e. The van der Waals surface area contributed by atoms with E-state index in [2.05, 4.69) is 47.2 Å². The Balaban J connectivity index is 1.85. The Morgan fingerprint density at radius 2 is 2.16 bits per heavy atom. The van der Waals surface area contributed by atoms with Crippen LogP contribution in [0.1, 0.15) is 38.4 Å². The van der Waals surface area contributed by atoms with Gasteiger partial charge in [-0.1, -0.05) is 36.2 Å². The molecule has 1 aliphatic carbocycles. The molecule has 0 aliphatic heterocycles. The zero-order valence-electron chi connectivity index (χ0n) is 11.4. The molecule has 1 aromatic carbocycles. The van der Waals surface area contributed by atoms with E-state index in [4.69, 9.17) is 4.42 Å². The van der Waals surface area contributed by atoms with Gasteiger partial charge in [-0.2, -0.15) is 0 Å². The molecule has 1 aromatic heterocycles. The van der Waals surface area contributed by atoms with Crippen LogP contribution >= 0.6 is 15.9 Å². The Bertz CT molecular complexity index is 577. The molecule has 0 radical (unpaired) electrons. The molecule has 2 aromatic rings. The molecule has 0 saturated heterocycles. The van der Waals surface area contributed by atoms with Gasteiger partial charge < -0.3 is 9.73 Å².